The minimum Gasteiger partial charge on any atom is -0.623 e. The Bertz CT molecular complexity index is 941. The van der Waals surface area contributed by atoms with Gasteiger partial charge >= 0.3 is 0 Å². The molecule has 0 aromatic heterocycles. The number of hydroxylamine groups is 1. The Morgan fingerprint density at radius 1 is 1.23 bits per heavy atom. The van der Waals surface area contributed by atoms with Crippen LogP contribution in [0.3, 0.4) is 0 Å². The van der Waals surface area contributed by atoms with Crippen LogP contribution in [0.1, 0.15) is 11.1 Å². The summed E-state index contributed by atoms with van der Waals surface area (Å²) >= 11 is 6.10. The maximum Gasteiger partial charge on any atom is 0.278 e. The highest BCUT2D eigenvalue weighted by Gasteiger charge is 2.29. The Balaban J connectivity index is 2.27. The van der Waals surface area contributed by atoms with Crippen LogP contribution in [0.25, 0.3) is 0 Å². The van der Waals surface area contributed by atoms with E-state index in [2.05, 4.69) is 10.1 Å². The fraction of sp³-hybridized carbons (Fsp3) is 0.167. The fourth-order valence-corrected chi connectivity index (χ4v) is 2.84. The third kappa shape index (κ3) is 3.39. The van der Waals surface area contributed by atoms with Crippen LogP contribution in [0.15, 0.2) is 52.6 Å². The standard InChI is InChI=1S/C18H15ClFN3O3/c1-25-18(22-26-2)16-10-23(24)17(12-5-3-4-6-14(12)20)13-9-11(19)7-8-15(13)21-16/h3-9H,10H2,1-2H3/b22-18+. The Morgan fingerprint density at radius 2 is 2.00 bits per heavy atom. The SMILES string of the molecule is CO/N=C(/OC)C1=Nc2ccc(Cl)cc2C(c2ccccc2F)=[N+]([O-])C1. The number of hydrogen-bond acceptors (Lipinski definition) is 5. The van der Waals surface area contributed by atoms with E-state index in [1.54, 1.807) is 30.3 Å². The van der Waals surface area contributed by atoms with Gasteiger partial charge in [-0.15, -0.1) is 0 Å². The van der Waals surface area contributed by atoms with Crippen LogP contribution >= 0.6 is 11.6 Å². The number of nitrogens with zero attached hydrogens (tertiary/aromatic N) is 3. The van der Waals surface area contributed by atoms with E-state index in [0.717, 1.165) is 0 Å². The van der Waals surface area contributed by atoms with E-state index in [-0.39, 0.29) is 29.4 Å². The summed E-state index contributed by atoms with van der Waals surface area (Å²) in [6.45, 7) is -0.202. The molecule has 1 heterocycles. The first-order chi connectivity index (χ1) is 12.5. The molecule has 0 unspecified atom stereocenters. The van der Waals surface area contributed by atoms with Gasteiger partial charge in [0.15, 0.2) is 5.71 Å². The molecule has 8 heteroatoms. The molecule has 0 bridgehead atoms. The van der Waals surface area contributed by atoms with E-state index < -0.39 is 5.82 Å². The van der Waals surface area contributed by atoms with Crippen LogP contribution in [0.5, 0.6) is 0 Å². The lowest BCUT2D eigenvalue weighted by molar-refractivity contribution is -0.438. The molecule has 0 aliphatic carbocycles. The molecule has 1 aliphatic heterocycles. The van der Waals surface area contributed by atoms with Gasteiger partial charge in [-0.25, -0.2) is 9.38 Å². The summed E-state index contributed by atoms with van der Waals surface area (Å²) in [7, 11) is 2.75. The molecule has 0 fully saturated rings. The van der Waals surface area contributed by atoms with E-state index in [0.29, 0.717) is 21.0 Å². The van der Waals surface area contributed by atoms with Crippen molar-refractivity contribution in [1.82, 2.24) is 0 Å². The second kappa shape index (κ2) is 7.53. The van der Waals surface area contributed by atoms with Crippen LogP contribution in [-0.2, 0) is 9.57 Å². The minimum atomic E-state index is -0.518. The number of oxime groups is 1. The number of fused-ring (bicyclic) bond motifs is 1. The second-order valence-electron chi connectivity index (χ2n) is 5.37. The monoisotopic (exact) mass is 375 g/mol. The summed E-state index contributed by atoms with van der Waals surface area (Å²) in [5, 5.41) is 17.1. The van der Waals surface area contributed by atoms with Gasteiger partial charge in [0.1, 0.15) is 12.9 Å². The maximum atomic E-state index is 14.4. The van der Waals surface area contributed by atoms with Gasteiger partial charge in [0.2, 0.25) is 12.3 Å². The lowest BCUT2D eigenvalue weighted by atomic mass is 10.00. The summed E-state index contributed by atoms with van der Waals surface area (Å²) in [5.74, 6) is -0.459. The van der Waals surface area contributed by atoms with Crippen molar-refractivity contribution in [1.29, 1.82) is 0 Å². The highest BCUT2D eigenvalue weighted by Crippen LogP contribution is 2.29. The van der Waals surface area contributed by atoms with Crippen LogP contribution < -0.4 is 0 Å². The Labute approximate surface area is 154 Å². The topological polar surface area (TPSA) is 69.2 Å². The molecule has 0 radical (unpaired) electrons. The molecule has 0 saturated carbocycles. The molecule has 0 saturated heterocycles. The predicted octanol–water partition coefficient (Wildman–Crippen LogP) is 3.52. The number of aliphatic imine (C=N–C) groups is 1. The molecular weight excluding hydrogens is 361 g/mol. The summed E-state index contributed by atoms with van der Waals surface area (Å²) < 4.78 is 20.2. The molecule has 0 spiro atoms. The summed E-state index contributed by atoms with van der Waals surface area (Å²) in [4.78, 5) is 9.20. The molecule has 0 amide bonds. The van der Waals surface area contributed by atoms with Crippen LogP contribution in [-0.4, -0.2) is 42.8 Å². The van der Waals surface area contributed by atoms with Crippen molar-refractivity contribution in [3.63, 3.8) is 0 Å². The Kier molecular flexibility index (Phi) is 5.18. The highest BCUT2D eigenvalue weighted by atomic mass is 35.5. The minimum absolute atomic E-state index is 0.0593. The lowest BCUT2D eigenvalue weighted by Gasteiger charge is -2.11. The fourth-order valence-electron chi connectivity index (χ4n) is 2.66. The van der Waals surface area contributed by atoms with E-state index in [1.807, 2.05) is 0 Å². The zero-order valence-corrected chi connectivity index (χ0v) is 14.8. The normalized spacial score (nSPS) is 14.5. The first-order valence-corrected chi connectivity index (χ1v) is 8.02. The van der Waals surface area contributed by atoms with Crippen molar-refractivity contribution in [3.05, 3.63) is 69.6 Å². The van der Waals surface area contributed by atoms with E-state index in [1.165, 1.54) is 26.4 Å². The number of hydrogen-bond donors (Lipinski definition) is 0. The predicted molar refractivity (Wildman–Crippen MR) is 98.1 cm³/mol. The average molecular weight is 376 g/mol. The van der Waals surface area contributed by atoms with Crippen LogP contribution in [0.4, 0.5) is 10.1 Å². The van der Waals surface area contributed by atoms with Gasteiger partial charge in [-0.1, -0.05) is 23.7 Å². The molecule has 0 atom stereocenters. The first-order valence-electron chi connectivity index (χ1n) is 7.64. The van der Waals surface area contributed by atoms with Crippen LogP contribution in [0.2, 0.25) is 5.02 Å². The van der Waals surface area contributed by atoms with E-state index in [9.17, 15) is 9.60 Å². The van der Waals surface area contributed by atoms with Crippen LogP contribution in [0, 0.1) is 11.0 Å². The zero-order chi connectivity index (χ0) is 18.7. The quantitative estimate of drug-likeness (QED) is 0.271. The average Bonchev–Trinajstić information content (AvgIpc) is 2.76. The van der Waals surface area contributed by atoms with Gasteiger partial charge < -0.3 is 14.8 Å². The Hall–Kier alpha value is -2.93. The third-order valence-corrected chi connectivity index (χ3v) is 3.99. The van der Waals surface area contributed by atoms with Crippen molar-refractivity contribution in [2.75, 3.05) is 20.8 Å². The van der Waals surface area contributed by atoms with Crippen molar-refractivity contribution in [2.45, 2.75) is 0 Å². The molecule has 3 rings (SSSR count). The van der Waals surface area contributed by atoms with Crippen molar-refractivity contribution < 1.29 is 18.7 Å². The number of benzene rings is 2. The third-order valence-electron chi connectivity index (χ3n) is 3.76. The maximum absolute atomic E-state index is 14.4. The van der Waals surface area contributed by atoms with Gasteiger partial charge in [0, 0.05) is 5.02 Å². The Morgan fingerprint density at radius 3 is 2.69 bits per heavy atom. The number of halogens is 2. The largest absolute Gasteiger partial charge is 0.623 e. The molecule has 2 aromatic carbocycles. The molecule has 6 nitrogen and oxygen atoms in total. The van der Waals surface area contributed by atoms with Crippen molar-refractivity contribution >= 4 is 34.6 Å². The molecule has 1 aliphatic rings. The summed E-state index contributed by atoms with van der Waals surface area (Å²) in [6, 6.07) is 10.9. The number of rotatable bonds is 3. The van der Waals surface area contributed by atoms with E-state index >= 15 is 0 Å². The van der Waals surface area contributed by atoms with Gasteiger partial charge in [-0.2, -0.15) is 4.74 Å². The zero-order valence-electron chi connectivity index (χ0n) is 14.1. The number of methoxy groups -OCH3 is 1. The molecule has 134 valence electrons. The van der Waals surface area contributed by atoms with Gasteiger partial charge in [-0.05, 0) is 35.5 Å². The molecule has 0 N–H and O–H groups in total. The highest BCUT2D eigenvalue weighted by molar-refractivity contribution is 6.40. The second-order valence-corrected chi connectivity index (χ2v) is 5.80. The summed E-state index contributed by atoms with van der Waals surface area (Å²) in [6.07, 6.45) is 0. The van der Waals surface area contributed by atoms with Gasteiger partial charge in [-0.3, -0.25) is 0 Å². The lowest BCUT2D eigenvalue weighted by Crippen LogP contribution is -2.28. The number of ether oxygens (including phenoxy) is 1. The molecule has 2 aromatic rings. The summed E-state index contributed by atoms with van der Waals surface area (Å²) in [5.41, 5.74) is 1.40. The molecule has 26 heavy (non-hydrogen) atoms. The molecular formula is C18H15ClFN3O3. The van der Waals surface area contributed by atoms with E-state index in [4.69, 9.17) is 21.2 Å². The van der Waals surface area contributed by atoms with Crippen molar-refractivity contribution in [3.8, 4) is 0 Å². The smallest absolute Gasteiger partial charge is 0.278 e. The van der Waals surface area contributed by atoms with Gasteiger partial charge in [0.05, 0.1) is 23.9 Å². The van der Waals surface area contributed by atoms with Crippen molar-refractivity contribution in [2.24, 2.45) is 10.1 Å². The first kappa shape index (κ1) is 17.9. The van der Waals surface area contributed by atoms with Gasteiger partial charge in [0.25, 0.3) is 5.90 Å².